The van der Waals surface area contributed by atoms with Crippen molar-refractivity contribution in [1.29, 1.82) is 0 Å². The van der Waals surface area contributed by atoms with Gasteiger partial charge in [0.05, 0.1) is 0 Å². The summed E-state index contributed by atoms with van der Waals surface area (Å²) in [5.74, 6) is 0. The van der Waals surface area contributed by atoms with E-state index in [9.17, 15) is 0 Å². The standard InChI is InChI=1S/C16H22N2/c1-14(2)17-12-16-9-11-18(13-16)10-8-15-6-4-3-5-7-15/h3-7,9,11,13-14,17H,8,10,12H2,1-2H3. The Morgan fingerprint density at radius 3 is 2.56 bits per heavy atom. The second-order valence-corrected chi connectivity index (χ2v) is 5.03. The quantitative estimate of drug-likeness (QED) is 0.823. The molecule has 2 aromatic rings. The first kappa shape index (κ1) is 12.9. The molecule has 0 atom stereocenters. The summed E-state index contributed by atoms with van der Waals surface area (Å²) in [6.07, 6.45) is 5.49. The lowest BCUT2D eigenvalue weighted by atomic mass is 10.1. The third-order valence-corrected chi connectivity index (χ3v) is 3.03. The Morgan fingerprint density at radius 1 is 1.06 bits per heavy atom. The summed E-state index contributed by atoms with van der Waals surface area (Å²) in [6, 6.07) is 13.4. The van der Waals surface area contributed by atoms with Crippen LogP contribution in [0.5, 0.6) is 0 Å². The molecule has 0 aliphatic heterocycles. The number of nitrogens with one attached hydrogen (secondary N) is 1. The van der Waals surface area contributed by atoms with Crippen molar-refractivity contribution in [3.63, 3.8) is 0 Å². The van der Waals surface area contributed by atoms with Gasteiger partial charge in [0.1, 0.15) is 0 Å². The first-order valence-corrected chi connectivity index (χ1v) is 6.66. The van der Waals surface area contributed by atoms with Gasteiger partial charge in [-0.2, -0.15) is 0 Å². The normalized spacial score (nSPS) is 11.1. The molecule has 1 aromatic carbocycles. The van der Waals surface area contributed by atoms with Crippen molar-refractivity contribution < 1.29 is 0 Å². The van der Waals surface area contributed by atoms with Crippen LogP contribution in [0.15, 0.2) is 48.8 Å². The molecular weight excluding hydrogens is 220 g/mol. The van der Waals surface area contributed by atoms with E-state index in [1.54, 1.807) is 0 Å². The van der Waals surface area contributed by atoms with Crippen LogP contribution >= 0.6 is 0 Å². The van der Waals surface area contributed by atoms with E-state index in [4.69, 9.17) is 0 Å². The van der Waals surface area contributed by atoms with E-state index in [2.05, 4.69) is 72.5 Å². The highest BCUT2D eigenvalue weighted by atomic mass is 14.9. The highest BCUT2D eigenvalue weighted by Crippen LogP contribution is 2.05. The van der Waals surface area contributed by atoms with Crippen molar-refractivity contribution in [2.24, 2.45) is 0 Å². The second-order valence-electron chi connectivity index (χ2n) is 5.03. The van der Waals surface area contributed by atoms with Crippen molar-refractivity contribution in [3.05, 3.63) is 59.9 Å². The summed E-state index contributed by atoms with van der Waals surface area (Å²) < 4.78 is 2.27. The van der Waals surface area contributed by atoms with Gasteiger partial charge in [-0.05, 0) is 23.6 Å². The third kappa shape index (κ3) is 4.04. The van der Waals surface area contributed by atoms with Crippen molar-refractivity contribution >= 4 is 0 Å². The second kappa shape index (κ2) is 6.41. The number of nitrogens with zero attached hydrogens (tertiary/aromatic N) is 1. The molecule has 96 valence electrons. The Balaban J connectivity index is 1.83. The summed E-state index contributed by atoms with van der Waals surface area (Å²) in [5, 5.41) is 3.44. The van der Waals surface area contributed by atoms with Crippen molar-refractivity contribution in [3.8, 4) is 0 Å². The molecule has 0 saturated carbocycles. The molecule has 0 saturated heterocycles. The molecule has 1 aromatic heterocycles. The summed E-state index contributed by atoms with van der Waals surface area (Å²) in [6.45, 7) is 6.35. The van der Waals surface area contributed by atoms with Crippen LogP contribution < -0.4 is 5.32 Å². The Hall–Kier alpha value is -1.54. The van der Waals surface area contributed by atoms with Crippen LogP contribution in [0.2, 0.25) is 0 Å². The van der Waals surface area contributed by atoms with E-state index in [1.165, 1.54) is 11.1 Å². The topological polar surface area (TPSA) is 17.0 Å². The van der Waals surface area contributed by atoms with Gasteiger partial charge in [0.25, 0.3) is 0 Å². The molecule has 2 heteroatoms. The van der Waals surface area contributed by atoms with Crippen LogP contribution in [0.4, 0.5) is 0 Å². The predicted octanol–water partition coefficient (Wildman–Crippen LogP) is 3.23. The zero-order valence-electron chi connectivity index (χ0n) is 11.3. The van der Waals surface area contributed by atoms with Gasteiger partial charge < -0.3 is 9.88 Å². The molecule has 0 aliphatic carbocycles. The van der Waals surface area contributed by atoms with Crippen molar-refractivity contribution in [2.45, 2.75) is 39.4 Å². The van der Waals surface area contributed by atoms with E-state index in [0.717, 1.165) is 19.5 Å². The van der Waals surface area contributed by atoms with Crippen LogP contribution in [0.25, 0.3) is 0 Å². The van der Waals surface area contributed by atoms with E-state index in [1.807, 2.05) is 0 Å². The number of rotatable bonds is 6. The highest BCUT2D eigenvalue weighted by molar-refractivity contribution is 5.15. The largest absolute Gasteiger partial charge is 0.354 e. The maximum atomic E-state index is 3.44. The fourth-order valence-corrected chi connectivity index (χ4v) is 1.96. The monoisotopic (exact) mass is 242 g/mol. The molecule has 2 rings (SSSR count). The van der Waals surface area contributed by atoms with Gasteiger partial charge in [0, 0.05) is 31.5 Å². The molecule has 0 radical (unpaired) electrons. The number of aryl methyl sites for hydroxylation is 2. The Bertz CT molecular complexity index is 457. The number of aromatic nitrogens is 1. The smallest absolute Gasteiger partial charge is 0.0260 e. The lowest BCUT2D eigenvalue weighted by molar-refractivity contribution is 0.587. The predicted molar refractivity (Wildman–Crippen MR) is 76.6 cm³/mol. The minimum Gasteiger partial charge on any atom is -0.354 e. The lowest BCUT2D eigenvalue weighted by Gasteiger charge is -2.06. The Labute approximate surface area is 110 Å². The molecule has 1 N–H and O–H groups in total. The summed E-state index contributed by atoms with van der Waals surface area (Å²) in [5.41, 5.74) is 2.75. The summed E-state index contributed by atoms with van der Waals surface area (Å²) in [4.78, 5) is 0. The fraction of sp³-hybridized carbons (Fsp3) is 0.375. The van der Waals surface area contributed by atoms with Gasteiger partial charge >= 0.3 is 0 Å². The summed E-state index contributed by atoms with van der Waals surface area (Å²) in [7, 11) is 0. The van der Waals surface area contributed by atoms with Gasteiger partial charge in [-0.1, -0.05) is 44.2 Å². The zero-order valence-corrected chi connectivity index (χ0v) is 11.3. The fourth-order valence-electron chi connectivity index (χ4n) is 1.96. The first-order valence-electron chi connectivity index (χ1n) is 6.66. The molecule has 0 unspecified atom stereocenters. The number of hydrogen-bond donors (Lipinski definition) is 1. The van der Waals surface area contributed by atoms with Gasteiger partial charge in [-0.25, -0.2) is 0 Å². The van der Waals surface area contributed by atoms with Crippen LogP contribution in [-0.2, 0) is 19.5 Å². The van der Waals surface area contributed by atoms with Gasteiger partial charge in [-0.15, -0.1) is 0 Å². The molecule has 0 aliphatic rings. The van der Waals surface area contributed by atoms with Gasteiger partial charge in [0.2, 0.25) is 0 Å². The lowest BCUT2D eigenvalue weighted by Crippen LogP contribution is -2.21. The minimum absolute atomic E-state index is 0.540. The van der Waals surface area contributed by atoms with Crippen molar-refractivity contribution in [1.82, 2.24) is 9.88 Å². The average Bonchev–Trinajstić information content (AvgIpc) is 2.83. The average molecular weight is 242 g/mol. The molecule has 18 heavy (non-hydrogen) atoms. The van der Waals surface area contributed by atoms with Crippen LogP contribution in [0.3, 0.4) is 0 Å². The molecule has 0 amide bonds. The molecule has 1 heterocycles. The van der Waals surface area contributed by atoms with E-state index < -0.39 is 0 Å². The maximum absolute atomic E-state index is 3.44. The molecule has 0 fully saturated rings. The Morgan fingerprint density at radius 2 is 1.83 bits per heavy atom. The highest BCUT2D eigenvalue weighted by Gasteiger charge is 1.99. The molecule has 0 spiro atoms. The van der Waals surface area contributed by atoms with Gasteiger partial charge in [-0.3, -0.25) is 0 Å². The molecule has 0 bridgehead atoms. The minimum atomic E-state index is 0.540. The van der Waals surface area contributed by atoms with E-state index >= 15 is 0 Å². The zero-order chi connectivity index (χ0) is 12.8. The van der Waals surface area contributed by atoms with Crippen LogP contribution in [0, 0.1) is 0 Å². The van der Waals surface area contributed by atoms with Crippen LogP contribution in [-0.4, -0.2) is 10.6 Å². The Kier molecular flexibility index (Phi) is 4.59. The first-order chi connectivity index (χ1) is 8.74. The number of benzene rings is 1. The third-order valence-electron chi connectivity index (χ3n) is 3.03. The maximum Gasteiger partial charge on any atom is 0.0260 e. The van der Waals surface area contributed by atoms with Crippen LogP contribution in [0.1, 0.15) is 25.0 Å². The van der Waals surface area contributed by atoms with Crippen molar-refractivity contribution in [2.75, 3.05) is 0 Å². The number of hydrogen-bond acceptors (Lipinski definition) is 1. The molecule has 2 nitrogen and oxygen atoms in total. The SMILES string of the molecule is CC(C)NCc1ccn(CCc2ccccc2)c1. The molecular formula is C16H22N2. The van der Waals surface area contributed by atoms with E-state index in [-0.39, 0.29) is 0 Å². The summed E-state index contributed by atoms with van der Waals surface area (Å²) >= 11 is 0. The van der Waals surface area contributed by atoms with Gasteiger partial charge in [0.15, 0.2) is 0 Å². The van der Waals surface area contributed by atoms with E-state index in [0.29, 0.717) is 6.04 Å².